The van der Waals surface area contributed by atoms with Crippen LogP contribution in [0.5, 0.6) is 0 Å². The Bertz CT molecular complexity index is 728. The zero-order valence-electron chi connectivity index (χ0n) is 13.8. The molecule has 0 spiro atoms. The molecule has 1 saturated heterocycles. The van der Waals surface area contributed by atoms with Gasteiger partial charge < -0.3 is 20.7 Å². The van der Waals surface area contributed by atoms with Crippen molar-refractivity contribution in [2.45, 2.75) is 12.5 Å². The van der Waals surface area contributed by atoms with Crippen LogP contribution in [0.1, 0.15) is 16.8 Å². The minimum Gasteiger partial charge on any atom is -0.378 e. The van der Waals surface area contributed by atoms with Gasteiger partial charge in [0.25, 0.3) is 5.91 Å². The highest BCUT2D eigenvalue weighted by molar-refractivity contribution is 6.07. The van der Waals surface area contributed by atoms with Crippen LogP contribution in [-0.4, -0.2) is 37.6 Å². The average molecular weight is 339 g/mol. The third kappa shape index (κ3) is 4.89. The molecule has 2 aromatic carbocycles. The maximum absolute atomic E-state index is 12.3. The zero-order valence-corrected chi connectivity index (χ0v) is 13.8. The van der Waals surface area contributed by atoms with Gasteiger partial charge in [-0.25, -0.2) is 0 Å². The Kier molecular flexibility index (Phi) is 5.77. The molecule has 25 heavy (non-hydrogen) atoms. The molecule has 0 saturated carbocycles. The largest absolute Gasteiger partial charge is 0.378 e. The second-order valence-corrected chi connectivity index (χ2v) is 5.84. The summed E-state index contributed by atoms with van der Waals surface area (Å²) in [4.78, 5) is 24.6. The number of amides is 2. The van der Waals surface area contributed by atoms with Gasteiger partial charge in [-0.1, -0.05) is 30.3 Å². The third-order valence-corrected chi connectivity index (χ3v) is 3.92. The summed E-state index contributed by atoms with van der Waals surface area (Å²) in [6.07, 6.45) is 0.320. The first-order valence-electron chi connectivity index (χ1n) is 8.29. The lowest BCUT2D eigenvalue weighted by Gasteiger charge is -2.23. The highest BCUT2D eigenvalue weighted by Crippen LogP contribution is 2.22. The fourth-order valence-electron chi connectivity index (χ4n) is 2.66. The molecule has 2 amide bonds. The van der Waals surface area contributed by atoms with E-state index >= 15 is 0 Å². The van der Waals surface area contributed by atoms with Gasteiger partial charge in [0.2, 0.25) is 5.91 Å². The van der Waals surface area contributed by atoms with Gasteiger partial charge in [-0.05, 0) is 24.3 Å². The summed E-state index contributed by atoms with van der Waals surface area (Å²) in [6.45, 7) is 1.95. The molecule has 1 fully saturated rings. The monoisotopic (exact) mass is 339 g/mol. The van der Waals surface area contributed by atoms with E-state index in [1.54, 1.807) is 24.3 Å². The van der Waals surface area contributed by atoms with Crippen molar-refractivity contribution in [1.82, 2.24) is 5.32 Å². The van der Waals surface area contributed by atoms with E-state index in [-0.39, 0.29) is 17.9 Å². The lowest BCUT2D eigenvalue weighted by atomic mass is 10.1. The molecular formula is C19H21N3O3. The molecule has 1 aliphatic heterocycles. The lowest BCUT2D eigenvalue weighted by Crippen LogP contribution is -2.43. The Balaban J connectivity index is 1.64. The number of ether oxygens (including phenoxy) is 1. The van der Waals surface area contributed by atoms with Crippen LogP contribution in [0.2, 0.25) is 0 Å². The molecule has 2 aromatic rings. The maximum atomic E-state index is 12.3. The van der Waals surface area contributed by atoms with Crippen LogP contribution in [0.4, 0.5) is 11.4 Å². The van der Waals surface area contributed by atoms with Crippen LogP contribution >= 0.6 is 0 Å². The van der Waals surface area contributed by atoms with E-state index in [9.17, 15) is 9.59 Å². The number of rotatable bonds is 5. The molecular weight excluding hydrogens is 318 g/mol. The predicted molar refractivity (Wildman–Crippen MR) is 96.7 cm³/mol. The van der Waals surface area contributed by atoms with Crippen molar-refractivity contribution in [2.24, 2.45) is 0 Å². The average Bonchev–Trinajstić information content (AvgIpc) is 2.65. The molecule has 130 valence electrons. The Morgan fingerprint density at radius 2 is 1.68 bits per heavy atom. The van der Waals surface area contributed by atoms with Crippen molar-refractivity contribution in [1.29, 1.82) is 0 Å². The van der Waals surface area contributed by atoms with Gasteiger partial charge in [-0.3, -0.25) is 9.59 Å². The third-order valence-electron chi connectivity index (χ3n) is 3.92. The maximum Gasteiger partial charge on any atom is 0.255 e. The Morgan fingerprint density at radius 3 is 2.36 bits per heavy atom. The van der Waals surface area contributed by atoms with Gasteiger partial charge in [0.1, 0.15) is 0 Å². The van der Waals surface area contributed by atoms with Crippen LogP contribution in [0.3, 0.4) is 0 Å². The van der Waals surface area contributed by atoms with Crippen molar-refractivity contribution in [3.63, 3.8) is 0 Å². The molecule has 1 aliphatic rings. The summed E-state index contributed by atoms with van der Waals surface area (Å²) in [5, 5.41) is 8.96. The SMILES string of the molecule is O=C(CC1COCCN1)Nc1ccccc1NC(=O)c1ccccc1. The minimum atomic E-state index is -0.218. The molecule has 0 radical (unpaired) electrons. The standard InChI is InChI=1S/C19H21N3O3/c23-18(12-15-13-25-11-10-20-15)21-16-8-4-5-9-17(16)22-19(24)14-6-2-1-3-7-14/h1-9,15,20H,10-13H2,(H,21,23)(H,22,24). The topological polar surface area (TPSA) is 79.5 Å². The van der Waals surface area contributed by atoms with Crippen LogP contribution < -0.4 is 16.0 Å². The number of anilines is 2. The Labute approximate surface area is 146 Å². The van der Waals surface area contributed by atoms with E-state index in [0.29, 0.717) is 36.6 Å². The molecule has 1 atom stereocenters. The first-order chi connectivity index (χ1) is 12.2. The number of benzene rings is 2. The second-order valence-electron chi connectivity index (χ2n) is 5.84. The molecule has 6 nitrogen and oxygen atoms in total. The molecule has 0 aliphatic carbocycles. The lowest BCUT2D eigenvalue weighted by molar-refractivity contribution is -0.117. The fourth-order valence-corrected chi connectivity index (χ4v) is 2.66. The summed E-state index contributed by atoms with van der Waals surface area (Å²) in [5.41, 5.74) is 1.71. The number of hydrogen-bond donors (Lipinski definition) is 3. The molecule has 3 rings (SSSR count). The summed E-state index contributed by atoms with van der Waals surface area (Å²) in [5.74, 6) is -0.339. The van der Waals surface area contributed by atoms with Gasteiger partial charge in [0.05, 0.1) is 24.6 Å². The van der Waals surface area contributed by atoms with E-state index < -0.39 is 0 Å². The minimum absolute atomic E-state index is 0.0137. The summed E-state index contributed by atoms with van der Waals surface area (Å²) in [6, 6.07) is 16.1. The quantitative estimate of drug-likeness (QED) is 0.781. The number of nitrogens with one attached hydrogen (secondary N) is 3. The predicted octanol–water partition coefficient (Wildman–Crippen LogP) is 2.26. The van der Waals surface area contributed by atoms with Crippen molar-refractivity contribution in [3.05, 3.63) is 60.2 Å². The highest BCUT2D eigenvalue weighted by Gasteiger charge is 2.18. The molecule has 0 aromatic heterocycles. The Hall–Kier alpha value is -2.70. The van der Waals surface area contributed by atoms with Gasteiger partial charge in [0.15, 0.2) is 0 Å². The van der Waals surface area contributed by atoms with Gasteiger partial charge in [0, 0.05) is 24.6 Å². The van der Waals surface area contributed by atoms with Crippen LogP contribution in [0.25, 0.3) is 0 Å². The number of carbonyl (C=O) groups is 2. The summed E-state index contributed by atoms with van der Waals surface area (Å²) in [7, 11) is 0. The summed E-state index contributed by atoms with van der Waals surface area (Å²) >= 11 is 0. The van der Waals surface area contributed by atoms with Crippen molar-refractivity contribution in [3.8, 4) is 0 Å². The molecule has 3 N–H and O–H groups in total. The number of carbonyl (C=O) groups excluding carboxylic acids is 2. The first-order valence-corrected chi connectivity index (χ1v) is 8.29. The van der Waals surface area contributed by atoms with Crippen molar-refractivity contribution < 1.29 is 14.3 Å². The van der Waals surface area contributed by atoms with Gasteiger partial charge in [-0.2, -0.15) is 0 Å². The van der Waals surface area contributed by atoms with E-state index in [1.807, 2.05) is 30.3 Å². The molecule has 6 heteroatoms. The van der Waals surface area contributed by atoms with E-state index in [1.165, 1.54) is 0 Å². The second kappa shape index (κ2) is 8.41. The first kappa shape index (κ1) is 17.1. The van der Waals surface area contributed by atoms with Crippen LogP contribution in [-0.2, 0) is 9.53 Å². The highest BCUT2D eigenvalue weighted by atomic mass is 16.5. The summed E-state index contributed by atoms with van der Waals surface area (Å²) < 4.78 is 5.36. The van der Waals surface area contributed by atoms with E-state index in [4.69, 9.17) is 4.74 Å². The Morgan fingerprint density at radius 1 is 1.00 bits per heavy atom. The van der Waals surface area contributed by atoms with Crippen LogP contribution in [0, 0.1) is 0 Å². The zero-order chi connectivity index (χ0) is 17.5. The molecule has 1 unspecified atom stereocenters. The van der Waals surface area contributed by atoms with Crippen molar-refractivity contribution in [2.75, 3.05) is 30.4 Å². The molecule has 1 heterocycles. The van der Waals surface area contributed by atoms with Crippen LogP contribution in [0.15, 0.2) is 54.6 Å². The number of morpholine rings is 1. The smallest absolute Gasteiger partial charge is 0.255 e. The van der Waals surface area contributed by atoms with E-state index in [0.717, 1.165) is 6.54 Å². The molecule has 0 bridgehead atoms. The van der Waals surface area contributed by atoms with Gasteiger partial charge >= 0.3 is 0 Å². The fraction of sp³-hybridized carbons (Fsp3) is 0.263. The van der Waals surface area contributed by atoms with Gasteiger partial charge in [-0.15, -0.1) is 0 Å². The number of para-hydroxylation sites is 2. The number of hydrogen-bond acceptors (Lipinski definition) is 4. The normalized spacial score (nSPS) is 16.9. The van der Waals surface area contributed by atoms with Crippen molar-refractivity contribution >= 4 is 23.2 Å². The van der Waals surface area contributed by atoms with E-state index in [2.05, 4.69) is 16.0 Å².